The second kappa shape index (κ2) is 8.50. The van der Waals surface area contributed by atoms with Crippen LogP contribution in [0.25, 0.3) is 0 Å². The summed E-state index contributed by atoms with van der Waals surface area (Å²) in [5, 5.41) is 2.78. The molecule has 0 aliphatic heterocycles. The van der Waals surface area contributed by atoms with Crippen LogP contribution < -0.4 is 11.1 Å². The van der Waals surface area contributed by atoms with E-state index in [-0.39, 0.29) is 18.0 Å². The van der Waals surface area contributed by atoms with E-state index < -0.39 is 0 Å². The van der Waals surface area contributed by atoms with Gasteiger partial charge in [-0.1, -0.05) is 0 Å². The lowest BCUT2D eigenvalue weighted by Gasteiger charge is -2.31. The minimum Gasteiger partial charge on any atom is -0.383 e. The van der Waals surface area contributed by atoms with Gasteiger partial charge < -0.3 is 15.8 Å². The lowest BCUT2D eigenvalue weighted by molar-refractivity contribution is -0.122. The topological polar surface area (TPSA) is 67.6 Å². The average molecular weight is 231 g/mol. The lowest BCUT2D eigenvalue weighted by atomic mass is 10.1. The smallest absolute Gasteiger partial charge is 0.221 e. The first-order valence-electron chi connectivity index (χ1n) is 5.74. The highest BCUT2D eigenvalue weighted by Crippen LogP contribution is 2.06. The van der Waals surface area contributed by atoms with Crippen molar-refractivity contribution in [2.45, 2.75) is 32.4 Å². The van der Waals surface area contributed by atoms with Gasteiger partial charge in [0.1, 0.15) is 0 Å². The third kappa shape index (κ3) is 5.44. The molecule has 2 unspecified atom stereocenters. The van der Waals surface area contributed by atoms with E-state index in [4.69, 9.17) is 10.5 Å². The van der Waals surface area contributed by atoms with Gasteiger partial charge in [-0.05, 0) is 20.9 Å². The molecule has 0 aliphatic carbocycles. The molecule has 0 aromatic heterocycles. The number of amides is 1. The highest BCUT2D eigenvalue weighted by Gasteiger charge is 2.20. The van der Waals surface area contributed by atoms with Crippen LogP contribution in [0, 0.1) is 0 Å². The zero-order valence-electron chi connectivity index (χ0n) is 10.8. The Balaban J connectivity index is 4.19. The van der Waals surface area contributed by atoms with Crippen LogP contribution in [-0.2, 0) is 9.53 Å². The molecule has 3 N–H and O–H groups in total. The summed E-state index contributed by atoms with van der Waals surface area (Å²) in [4.78, 5) is 13.6. The van der Waals surface area contributed by atoms with Gasteiger partial charge in [0.15, 0.2) is 0 Å². The number of rotatable bonds is 8. The molecule has 0 bridgehead atoms. The van der Waals surface area contributed by atoms with Crippen LogP contribution in [0.5, 0.6) is 0 Å². The van der Waals surface area contributed by atoms with E-state index in [1.54, 1.807) is 7.11 Å². The standard InChI is InChI=1S/C11H25N3O2/c1-5-13-11(15)6-10(7-12)14(3)9(2)8-16-4/h9-10H,5-8,12H2,1-4H3,(H,13,15). The van der Waals surface area contributed by atoms with Gasteiger partial charge in [0.25, 0.3) is 0 Å². The molecule has 0 spiro atoms. The Hall–Kier alpha value is -0.650. The first-order chi connectivity index (χ1) is 7.56. The van der Waals surface area contributed by atoms with Crippen molar-refractivity contribution in [1.29, 1.82) is 0 Å². The molecule has 0 heterocycles. The SMILES string of the molecule is CCNC(=O)CC(CN)N(C)C(C)COC. The van der Waals surface area contributed by atoms with E-state index in [1.165, 1.54) is 0 Å². The van der Waals surface area contributed by atoms with Crippen molar-refractivity contribution in [1.82, 2.24) is 10.2 Å². The highest BCUT2D eigenvalue weighted by molar-refractivity contribution is 5.76. The van der Waals surface area contributed by atoms with Gasteiger partial charge in [0.2, 0.25) is 5.91 Å². The van der Waals surface area contributed by atoms with Crippen molar-refractivity contribution in [2.75, 3.05) is 33.9 Å². The second-order valence-electron chi connectivity index (χ2n) is 4.02. The lowest BCUT2D eigenvalue weighted by Crippen LogP contribution is -2.47. The third-order valence-corrected chi connectivity index (χ3v) is 2.75. The molecule has 0 saturated heterocycles. The molecule has 0 radical (unpaired) electrons. The normalized spacial score (nSPS) is 14.9. The van der Waals surface area contributed by atoms with Gasteiger partial charge in [0.05, 0.1) is 6.61 Å². The zero-order chi connectivity index (χ0) is 12.6. The summed E-state index contributed by atoms with van der Waals surface area (Å²) in [7, 11) is 3.64. The molecule has 0 aromatic rings. The molecule has 0 rings (SSSR count). The Labute approximate surface area is 98.3 Å². The molecule has 0 aromatic carbocycles. The fourth-order valence-electron chi connectivity index (χ4n) is 1.60. The van der Waals surface area contributed by atoms with Crippen molar-refractivity contribution in [3.05, 3.63) is 0 Å². The first-order valence-corrected chi connectivity index (χ1v) is 5.74. The molecular formula is C11H25N3O2. The summed E-state index contributed by atoms with van der Waals surface area (Å²) in [6.45, 7) is 5.74. The molecule has 2 atom stereocenters. The summed E-state index contributed by atoms with van der Waals surface area (Å²) in [6, 6.07) is 0.324. The number of carbonyl (C=O) groups excluding carboxylic acids is 1. The largest absolute Gasteiger partial charge is 0.383 e. The van der Waals surface area contributed by atoms with Crippen LogP contribution >= 0.6 is 0 Å². The number of carbonyl (C=O) groups is 1. The summed E-state index contributed by atoms with van der Waals surface area (Å²) in [6.07, 6.45) is 0.439. The number of nitrogens with two attached hydrogens (primary N) is 1. The molecule has 1 amide bonds. The van der Waals surface area contributed by atoms with Crippen LogP contribution in [0.15, 0.2) is 0 Å². The van der Waals surface area contributed by atoms with Gasteiger partial charge in [-0.3, -0.25) is 9.69 Å². The fraction of sp³-hybridized carbons (Fsp3) is 0.909. The molecule has 0 aliphatic rings. The van der Waals surface area contributed by atoms with Gasteiger partial charge in [-0.15, -0.1) is 0 Å². The first kappa shape index (κ1) is 15.3. The third-order valence-electron chi connectivity index (χ3n) is 2.75. The summed E-state index contributed by atoms with van der Waals surface area (Å²) < 4.78 is 5.09. The van der Waals surface area contributed by atoms with E-state index in [1.807, 2.05) is 14.0 Å². The number of ether oxygens (including phenoxy) is 1. The van der Waals surface area contributed by atoms with Crippen molar-refractivity contribution >= 4 is 5.91 Å². The Morgan fingerprint density at radius 1 is 1.56 bits per heavy atom. The van der Waals surface area contributed by atoms with Gasteiger partial charge >= 0.3 is 0 Å². The minimum absolute atomic E-state index is 0.0504. The molecule has 0 saturated carbocycles. The van der Waals surface area contributed by atoms with E-state index in [9.17, 15) is 4.79 Å². The van der Waals surface area contributed by atoms with E-state index in [0.29, 0.717) is 26.1 Å². The Bertz CT molecular complexity index is 200. The Kier molecular flexibility index (Phi) is 8.15. The van der Waals surface area contributed by atoms with Crippen LogP contribution in [0.2, 0.25) is 0 Å². The fourth-order valence-corrected chi connectivity index (χ4v) is 1.60. The second-order valence-corrected chi connectivity index (χ2v) is 4.02. The molecule has 5 nitrogen and oxygen atoms in total. The molecule has 16 heavy (non-hydrogen) atoms. The maximum atomic E-state index is 11.5. The highest BCUT2D eigenvalue weighted by atomic mass is 16.5. The maximum Gasteiger partial charge on any atom is 0.221 e. The average Bonchev–Trinajstić information content (AvgIpc) is 2.25. The molecule has 0 fully saturated rings. The Morgan fingerprint density at radius 2 is 2.19 bits per heavy atom. The molecular weight excluding hydrogens is 206 g/mol. The summed E-state index contributed by atoms with van der Waals surface area (Å²) in [5.74, 6) is 0.0504. The zero-order valence-corrected chi connectivity index (χ0v) is 10.8. The van der Waals surface area contributed by atoms with Crippen molar-refractivity contribution < 1.29 is 9.53 Å². The van der Waals surface area contributed by atoms with Crippen molar-refractivity contribution in [2.24, 2.45) is 5.73 Å². The van der Waals surface area contributed by atoms with Gasteiger partial charge in [-0.2, -0.15) is 0 Å². The van der Waals surface area contributed by atoms with Crippen LogP contribution in [0.3, 0.4) is 0 Å². The van der Waals surface area contributed by atoms with Crippen LogP contribution in [0.4, 0.5) is 0 Å². The number of methoxy groups -OCH3 is 1. The Morgan fingerprint density at radius 3 is 2.62 bits per heavy atom. The summed E-state index contributed by atoms with van der Waals surface area (Å²) in [5.41, 5.74) is 5.69. The molecule has 5 heteroatoms. The number of hydrogen-bond donors (Lipinski definition) is 2. The van der Waals surface area contributed by atoms with Gasteiger partial charge in [0, 0.05) is 38.7 Å². The maximum absolute atomic E-state index is 11.5. The predicted molar refractivity (Wildman–Crippen MR) is 65.2 cm³/mol. The number of nitrogens with zero attached hydrogens (tertiary/aromatic N) is 1. The van der Waals surface area contributed by atoms with Crippen molar-refractivity contribution in [3.63, 3.8) is 0 Å². The monoisotopic (exact) mass is 231 g/mol. The van der Waals surface area contributed by atoms with Crippen molar-refractivity contribution in [3.8, 4) is 0 Å². The number of nitrogens with one attached hydrogen (secondary N) is 1. The number of likely N-dealkylation sites (N-methyl/N-ethyl adjacent to an activating group) is 1. The van der Waals surface area contributed by atoms with Gasteiger partial charge in [-0.25, -0.2) is 0 Å². The quantitative estimate of drug-likeness (QED) is 0.607. The minimum atomic E-state index is 0.0504. The van der Waals surface area contributed by atoms with E-state index in [0.717, 1.165) is 0 Å². The van der Waals surface area contributed by atoms with E-state index >= 15 is 0 Å². The van der Waals surface area contributed by atoms with Crippen LogP contribution in [0.1, 0.15) is 20.3 Å². The summed E-state index contributed by atoms with van der Waals surface area (Å²) >= 11 is 0. The predicted octanol–water partition coefficient (Wildman–Crippen LogP) is -0.193. The number of hydrogen-bond acceptors (Lipinski definition) is 4. The molecule has 96 valence electrons. The van der Waals surface area contributed by atoms with Crippen LogP contribution in [-0.4, -0.2) is 56.7 Å². The van der Waals surface area contributed by atoms with E-state index in [2.05, 4.69) is 17.1 Å².